The summed E-state index contributed by atoms with van der Waals surface area (Å²) in [5.41, 5.74) is 2.22. The predicted octanol–water partition coefficient (Wildman–Crippen LogP) is 3.68. The van der Waals surface area contributed by atoms with Crippen LogP contribution in [0.5, 0.6) is 5.75 Å². The smallest absolute Gasteiger partial charge is 0.323 e. The van der Waals surface area contributed by atoms with Gasteiger partial charge in [-0.25, -0.2) is 0 Å². The van der Waals surface area contributed by atoms with Crippen molar-refractivity contribution in [1.82, 2.24) is 10.2 Å². The molecule has 0 spiro atoms. The van der Waals surface area contributed by atoms with Crippen LogP contribution in [0, 0.1) is 29.1 Å². The number of likely N-dealkylation sites (tertiary alicyclic amines) is 1. The average molecular weight is 468 g/mol. The van der Waals surface area contributed by atoms with Crippen molar-refractivity contribution in [3.8, 4) is 11.8 Å². The molecule has 1 saturated heterocycles. The van der Waals surface area contributed by atoms with Gasteiger partial charge < -0.3 is 14.8 Å². The highest BCUT2D eigenvalue weighted by atomic mass is 35.5. The first-order valence-electron chi connectivity index (χ1n) is 11.6. The summed E-state index contributed by atoms with van der Waals surface area (Å²) in [4.78, 5) is 14.3. The van der Waals surface area contributed by atoms with Crippen molar-refractivity contribution in [2.24, 2.45) is 17.8 Å². The molecule has 2 aromatic carbocycles. The number of nitrogens with one attached hydrogen (secondary N) is 1. The second kappa shape index (κ2) is 11.0. The van der Waals surface area contributed by atoms with Crippen LogP contribution >= 0.6 is 11.6 Å². The fraction of sp³-hybridized carbons (Fsp3) is 0.462. The maximum Gasteiger partial charge on any atom is 0.323 e. The van der Waals surface area contributed by atoms with Gasteiger partial charge in [-0.3, -0.25) is 9.69 Å². The van der Waals surface area contributed by atoms with Crippen LogP contribution in [-0.2, 0) is 22.5 Å². The summed E-state index contributed by atoms with van der Waals surface area (Å²) in [5.74, 6) is 1.02. The lowest BCUT2D eigenvalue weighted by Gasteiger charge is -2.20. The van der Waals surface area contributed by atoms with E-state index in [0.29, 0.717) is 19.1 Å². The molecule has 0 aromatic heterocycles. The van der Waals surface area contributed by atoms with E-state index in [4.69, 9.17) is 21.1 Å². The number of halogens is 1. The Morgan fingerprint density at radius 2 is 1.82 bits per heavy atom. The van der Waals surface area contributed by atoms with Crippen molar-refractivity contribution in [1.29, 1.82) is 5.26 Å². The van der Waals surface area contributed by atoms with E-state index in [1.165, 1.54) is 5.56 Å². The minimum atomic E-state index is -0.777. The van der Waals surface area contributed by atoms with Gasteiger partial charge in [-0.05, 0) is 60.6 Å². The lowest BCUT2D eigenvalue weighted by molar-refractivity contribution is -0.145. The van der Waals surface area contributed by atoms with E-state index in [1.807, 2.05) is 42.5 Å². The molecule has 174 valence electrons. The van der Waals surface area contributed by atoms with Crippen LogP contribution in [0.25, 0.3) is 0 Å². The number of hydrogen-bond acceptors (Lipinski definition) is 6. The summed E-state index contributed by atoms with van der Waals surface area (Å²) >= 11 is 5.97. The van der Waals surface area contributed by atoms with Crippen molar-refractivity contribution in [3.05, 3.63) is 64.7 Å². The molecule has 2 aromatic rings. The molecule has 1 heterocycles. The van der Waals surface area contributed by atoms with Crippen LogP contribution in [0.4, 0.5) is 0 Å². The highest BCUT2D eigenvalue weighted by Crippen LogP contribution is 2.45. The second-order valence-corrected chi connectivity index (χ2v) is 9.19. The number of esters is 1. The predicted molar refractivity (Wildman–Crippen MR) is 127 cm³/mol. The Hall–Kier alpha value is -2.59. The number of piperidine rings is 1. The molecule has 0 amide bonds. The largest absolute Gasteiger partial charge is 0.492 e. The van der Waals surface area contributed by atoms with Crippen molar-refractivity contribution >= 4 is 17.6 Å². The minimum Gasteiger partial charge on any atom is -0.492 e. The maximum atomic E-state index is 11.8. The summed E-state index contributed by atoms with van der Waals surface area (Å²) in [6, 6.07) is 18.3. The van der Waals surface area contributed by atoms with E-state index in [2.05, 4.69) is 22.3 Å². The van der Waals surface area contributed by atoms with Gasteiger partial charge in [0.1, 0.15) is 18.3 Å². The number of nitrogens with zero attached hydrogens (tertiary/aromatic N) is 2. The Morgan fingerprint density at radius 3 is 2.45 bits per heavy atom. The second-order valence-electron chi connectivity index (χ2n) is 8.76. The van der Waals surface area contributed by atoms with Crippen LogP contribution in [0.2, 0.25) is 5.02 Å². The first kappa shape index (κ1) is 23.6. The zero-order chi connectivity index (χ0) is 23.2. The Labute approximate surface area is 200 Å². The fourth-order valence-corrected chi connectivity index (χ4v) is 4.80. The molecule has 2 unspecified atom stereocenters. The Bertz CT molecular complexity index is 962. The summed E-state index contributed by atoms with van der Waals surface area (Å²) in [7, 11) is 0. The quantitative estimate of drug-likeness (QED) is 0.401. The summed E-state index contributed by atoms with van der Waals surface area (Å²) in [6.45, 7) is 6.71. The molecule has 2 fully saturated rings. The molecule has 1 saturated carbocycles. The molecule has 0 radical (unpaired) electrons. The summed E-state index contributed by atoms with van der Waals surface area (Å²) in [6.07, 6.45) is 0.344. The lowest BCUT2D eigenvalue weighted by atomic mass is 10.0. The third-order valence-corrected chi connectivity index (χ3v) is 6.68. The Morgan fingerprint density at radius 1 is 1.15 bits per heavy atom. The molecule has 4 rings (SSSR count). The third-order valence-electron chi connectivity index (χ3n) is 6.43. The normalized spacial score (nSPS) is 22.3. The molecule has 33 heavy (non-hydrogen) atoms. The molecule has 6 nitrogen and oxygen atoms in total. The number of carbonyl (C=O) groups excluding carboxylic acids is 1. The standard InChI is InChI=1S/C26H30ClN3O3/c1-2-32-26(31)20(14-28)13-18-5-9-22(10-6-18)33-12-11-29-25-23-16-30(17-24(23)25)15-19-3-7-21(27)8-4-19/h3-10,20,23-25,29H,2,11-13,15-17H2,1H3/t20-,23-,24?,25?/m0/s1. The van der Waals surface area contributed by atoms with E-state index in [0.717, 1.165) is 54.4 Å². The molecule has 1 N–H and O–H groups in total. The van der Waals surface area contributed by atoms with Crippen LogP contribution < -0.4 is 10.1 Å². The van der Waals surface area contributed by atoms with E-state index in [-0.39, 0.29) is 6.61 Å². The number of fused-ring (bicyclic) bond motifs is 1. The first-order valence-corrected chi connectivity index (χ1v) is 11.9. The van der Waals surface area contributed by atoms with Gasteiger partial charge in [0, 0.05) is 37.2 Å². The molecule has 0 bridgehead atoms. The van der Waals surface area contributed by atoms with Crippen molar-refractivity contribution < 1.29 is 14.3 Å². The molecule has 1 aliphatic carbocycles. The molecule has 7 heteroatoms. The fourth-order valence-electron chi connectivity index (χ4n) is 4.67. The lowest BCUT2D eigenvalue weighted by Crippen LogP contribution is -2.33. The van der Waals surface area contributed by atoms with Gasteiger partial charge >= 0.3 is 5.97 Å². The third kappa shape index (κ3) is 6.26. The zero-order valence-corrected chi connectivity index (χ0v) is 19.6. The van der Waals surface area contributed by atoms with Crippen LogP contribution in [-0.4, -0.2) is 49.8 Å². The first-order chi connectivity index (χ1) is 16.1. The van der Waals surface area contributed by atoms with E-state index in [9.17, 15) is 10.1 Å². The minimum absolute atomic E-state index is 0.280. The molecular weight excluding hydrogens is 438 g/mol. The Balaban J connectivity index is 1.12. The molecule has 1 aliphatic heterocycles. The summed E-state index contributed by atoms with van der Waals surface area (Å²) < 4.78 is 10.8. The monoisotopic (exact) mass is 467 g/mol. The number of nitriles is 1. The van der Waals surface area contributed by atoms with Gasteiger partial charge in [0.05, 0.1) is 12.7 Å². The van der Waals surface area contributed by atoms with E-state index >= 15 is 0 Å². The van der Waals surface area contributed by atoms with Gasteiger partial charge in [0.25, 0.3) is 0 Å². The maximum absolute atomic E-state index is 11.8. The number of rotatable bonds is 11. The highest BCUT2D eigenvalue weighted by Gasteiger charge is 2.55. The zero-order valence-electron chi connectivity index (χ0n) is 18.9. The van der Waals surface area contributed by atoms with Crippen molar-refractivity contribution in [3.63, 3.8) is 0 Å². The average Bonchev–Trinajstić information content (AvgIpc) is 3.27. The molecular formula is C26H30ClN3O3. The molecule has 4 atom stereocenters. The van der Waals surface area contributed by atoms with Gasteiger partial charge in [-0.2, -0.15) is 5.26 Å². The van der Waals surface area contributed by atoms with E-state index < -0.39 is 11.9 Å². The van der Waals surface area contributed by atoms with E-state index in [1.54, 1.807) is 6.92 Å². The van der Waals surface area contributed by atoms with Crippen LogP contribution in [0.15, 0.2) is 48.5 Å². The van der Waals surface area contributed by atoms with Crippen LogP contribution in [0.3, 0.4) is 0 Å². The number of ether oxygens (including phenoxy) is 2. The van der Waals surface area contributed by atoms with Crippen molar-refractivity contribution in [2.45, 2.75) is 25.9 Å². The van der Waals surface area contributed by atoms with Gasteiger partial charge in [0.2, 0.25) is 0 Å². The van der Waals surface area contributed by atoms with Gasteiger partial charge in [-0.1, -0.05) is 35.9 Å². The molecule has 2 aliphatic rings. The summed E-state index contributed by atoms with van der Waals surface area (Å²) in [5, 5.41) is 13.6. The van der Waals surface area contributed by atoms with Crippen molar-refractivity contribution in [2.75, 3.05) is 32.8 Å². The highest BCUT2D eigenvalue weighted by molar-refractivity contribution is 6.30. The van der Waals surface area contributed by atoms with Gasteiger partial charge in [-0.15, -0.1) is 0 Å². The Kier molecular flexibility index (Phi) is 7.87. The van der Waals surface area contributed by atoms with Crippen LogP contribution in [0.1, 0.15) is 18.1 Å². The SMILES string of the molecule is CCOC(=O)[C@H](C#N)Cc1ccc(OCCNC2C3CN(Cc4ccc(Cl)cc4)C[C@@H]32)cc1. The number of carbonyl (C=O) groups is 1. The van der Waals surface area contributed by atoms with Gasteiger partial charge in [0.15, 0.2) is 0 Å². The topological polar surface area (TPSA) is 74.6 Å². The number of benzene rings is 2. The number of hydrogen-bond donors (Lipinski definition) is 1.